The van der Waals surface area contributed by atoms with Crippen molar-refractivity contribution in [3.8, 4) is 0 Å². The van der Waals surface area contributed by atoms with Crippen LogP contribution in [-0.2, 0) is 22.5 Å². The van der Waals surface area contributed by atoms with Gasteiger partial charge in [-0.3, -0.25) is 10.1 Å². The smallest absolute Gasteiger partial charge is 0.323 e. The Bertz CT molecular complexity index is 362. The van der Waals surface area contributed by atoms with Gasteiger partial charge in [-0.05, 0) is 6.42 Å². The molecular formula is C11H17N3O2. The van der Waals surface area contributed by atoms with Crippen LogP contribution < -0.4 is 5.32 Å². The molecule has 2 N–H and O–H groups in total. The Morgan fingerprint density at radius 2 is 2.56 bits per heavy atom. The van der Waals surface area contributed by atoms with Crippen LogP contribution in [0.25, 0.3) is 0 Å². The average Bonchev–Trinajstić information content (AvgIpc) is 2.76. The van der Waals surface area contributed by atoms with Gasteiger partial charge in [0.15, 0.2) is 0 Å². The molecule has 1 aromatic heterocycles. The molecule has 1 unspecified atom stereocenters. The van der Waals surface area contributed by atoms with Gasteiger partial charge in [-0.25, -0.2) is 4.98 Å². The first-order valence-corrected chi connectivity index (χ1v) is 5.72. The molecule has 0 radical (unpaired) electrons. The average molecular weight is 223 g/mol. The molecule has 2 rings (SSSR count). The van der Waals surface area contributed by atoms with Gasteiger partial charge in [0.2, 0.25) is 0 Å². The lowest BCUT2D eigenvalue weighted by Gasteiger charge is -2.21. The molecule has 1 atom stereocenters. The number of hydrogen-bond acceptors (Lipinski definition) is 4. The van der Waals surface area contributed by atoms with E-state index in [1.165, 1.54) is 0 Å². The number of hydrogen-bond donors (Lipinski definition) is 2. The predicted octanol–water partition coefficient (Wildman–Crippen LogP) is 0.767. The molecule has 0 amide bonds. The van der Waals surface area contributed by atoms with Crippen LogP contribution in [0.5, 0.6) is 0 Å². The second kappa shape index (κ2) is 5.12. The van der Waals surface area contributed by atoms with Crippen LogP contribution in [0.15, 0.2) is 6.33 Å². The first kappa shape index (κ1) is 11.1. The Kier molecular flexibility index (Phi) is 3.56. The summed E-state index contributed by atoms with van der Waals surface area (Å²) in [5, 5.41) is 3.14. The zero-order chi connectivity index (χ0) is 11.4. The standard InChI is InChI=1S/C11H17N3O2/c1-2-3-4-16-11(15)9-5-8-10(6-12-9)14-7-13-8/h7,9,12H,2-6H2,1H3,(H,13,14). The Hall–Kier alpha value is -1.36. The van der Waals surface area contributed by atoms with Gasteiger partial charge in [-0.2, -0.15) is 0 Å². The Labute approximate surface area is 94.6 Å². The van der Waals surface area contributed by atoms with Crippen molar-refractivity contribution in [2.24, 2.45) is 0 Å². The van der Waals surface area contributed by atoms with Crippen LogP contribution in [0.4, 0.5) is 0 Å². The zero-order valence-corrected chi connectivity index (χ0v) is 9.45. The second-order valence-electron chi connectivity index (χ2n) is 3.99. The fourth-order valence-electron chi connectivity index (χ4n) is 1.75. The summed E-state index contributed by atoms with van der Waals surface area (Å²) >= 11 is 0. The molecular weight excluding hydrogens is 206 g/mol. The maximum Gasteiger partial charge on any atom is 0.323 e. The normalized spacial score (nSPS) is 19.2. The lowest BCUT2D eigenvalue weighted by molar-refractivity contribution is -0.146. The molecule has 0 aromatic carbocycles. The van der Waals surface area contributed by atoms with E-state index in [1.54, 1.807) is 6.33 Å². The first-order valence-electron chi connectivity index (χ1n) is 5.72. The predicted molar refractivity (Wildman–Crippen MR) is 58.8 cm³/mol. The van der Waals surface area contributed by atoms with Crippen molar-refractivity contribution in [1.29, 1.82) is 0 Å². The highest BCUT2D eigenvalue weighted by Gasteiger charge is 2.26. The van der Waals surface area contributed by atoms with Crippen molar-refractivity contribution in [3.05, 3.63) is 17.7 Å². The van der Waals surface area contributed by atoms with E-state index in [2.05, 4.69) is 22.2 Å². The number of rotatable bonds is 4. The van der Waals surface area contributed by atoms with E-state index in [0.29, 0.717) is 19.6 Å². The summed E-state index contributed by atoms with van der Waals surface area (Å²) in [6, 6.07) is -0.243. The number of carbonyl (C=O) groups is 1. The van der Waals surface area contributed by atoms with Crippen molar-refractivity contribution in [1.82, 2.24) is 15.3 Å². The largest absolute Gasteiger partial charge is 0.465 e. The van der Waals surface area contributed by atoms with Crippen molar-refractivity contribution in [3.63, 3.8) is 0 Å². The molecule has 0 spiro atoms. The number of imidazole rings is 1. The second-order valence-corrected chi connectivity index (χ2v) is 3.99. The summed E-state index contributed by atoms with van der Waals surface area (Å²) in [6.45, 7) is 3.24. The van der Waals surface area contributed by atoms with Gasteiger partial charge in [-0.1, -0.05) is 13.3 Å². The number of fused-ring (bicyclic) bond motifs is 1. The number of unbranched alkanes of at least 4 members (excludes halogenated alkanes) is 1. The molecule has 0 saturated carbocycles. The summed E-state index contributed by atoms with van der Waals surface area (Å²) in [4.78, 5) is 18.9. The van der Waals surface area contributed by atoms with Crippen molar-refractivity contribution in [2.75, 3.05) is 6.61 Å². The van der Waals surface area contributed by atoms with Crippen molar-refractivity contribution in [2.45, 2.75) is 38.8 Å². The first-order chi connectivity index (χ1) is 7.81. The lowest BCUT2D eigenvalue weighted by Crippen LogP contribution is -2.42. The Morgan fingerprint density at radius 3 is 3.38 bits per heavy atom. The molecule has 1 aliphatic rings. The van der Waals surface area contributed by atoms with Crippen LogP contribution in [-0.4, -0.2) is 28.6 Å². The van der Waals surface area contributed by atoms with Gasteiger partial charge in [0, 0.05) is 13.0 Å². The Morgan fingerprint density at radius 1 is 1.69 bits per heavy atom. The van der Waals surface area contributed by atoms with Gasteiger partial charge in [0.1, 0.15) is 6.04 Å². The van der Waals surface area contributed by atoms with Gasteiger partial charge >= 0.3 is 5.97 Å². The molecule has 5 heteroatoms. The van der Waals surface area contributed by atoms with Crippen molar-refractivity contribution >= 4 is 5.97 Å². The number of carbonyl (C=O) groups excluding carboxylic acids is 1. The van der Waals surface area contributed by atoms with E-state index < -0.39 is 0 Å². The quantitative estimate of drug-likeness (QED) is 0.584. The topological polar surface area (TPSA) is 67.0 Å². The number of H-pyrrole nitrogens is 1. The molecule has 88 valence electrons. The van der Waals surface area contributed by atoms with Gasteiger partial charge < -0.3 is 9.72 Å². The van der Waals surface area contributed by atoms with Gasteiger partial charge in [0.05, 0.1) is 24.3 Å². The molecule has 2 heterocycles. The van der Waals surface area contributed by atoms with E-state index >= 15 is 0 Å². The van der Waals surface area contributed by atoms with Crippen LogP contribution in [0, 0.1) is 0 Å². The molecule has 0 saturated heterocycles. The highest BCUT2D eigenvalue weighted by Crippen LogP contribution is 2.12. The highest BCUT2D eigenvalue weighted by molar-refractivity contribution is 5.76. The molecule has 0 aliphatic carbocycles. The number of esters is 1. The van der Waals surface area contributed by atoms with Gasteiger partial charge in [0.25, 0.3) is 0 Å². The lowest BCUT2D eigenvalue weighted by atomic mass is 10.1. The maximum atomic E-state index is 11.7. The molecule has 0 fully saturated rings. The number of nitrogens with zero attached hydrogens (tertiary/aromatic N) is 1. The van der Waals surface area contributed by atoms with E-state index in [-0.39, 0.29) is 12.0 Å². The fourth-order valence-corrected chi connectivity index (χ4v) is 1.75. The SMILES string of the molecule is CCCCOC(=O)C1Cc2nc[nH]c2CN1. The molecule has 16 heavy (non-hydrogen) atoms. The van der Waals surface area contributed by atoms with Crippen LogP contribution in [0.3, 0.4) is 0 Å². The van der Waals surface area contributed by atoms with Crippen molar-refractivity contribution < 1.29 is 9.53 Å². The Balaban J connectivity index is 1.86. The highest BCUT2D eigenvalue weighted by atomic mass is 16.5. The number of aromatic nitrogens is 2. The van der Waals surface area contributed by atoms with Crippen LogP contribution in [0.2, 0.25) is 0 Å². The van der Waals surface area contributed by atoms with E-state index in [0.717, 1.165) is 24.2 Å². The van der Waals surface area contributed by atoms with E-state index in [4.69, 9.17) is 4.74 Å². The summed E-state index contributed by atoms with van der Waals surface area (Å²) in [6.07, 6.45) is 4.24. The summed E-state index contributed by atoms with van der Waals surface area (Å²) in [5.41, 5.74) is 2.04. The zero-order valence-electron chi connectivity index (χ0n) is 9.45. The molecule has 1 aliphatic heterocycles. The van der Waals surface area contributed by atoms with Crippen LogP contribution in [0.1, 0.15) is 31.2 Å². The maximum absolute atomic E-state index is 11.7. The summed E-state index contributed by atoms with van der Waals surface area (Å²) < 4.78 is 5.17. The number of nitrogens with one attached hydrogen (secondary N) is 2. The molecule has 5 nitrogen and oxygen atoms in total. The summed E-state index contributed by atoms with van der Waals surface area (Å²) in [7, 11) is 0. The molecule has 1 aromatic rings. The number of aromatic amines is 1. The van der Waals surface area contributed by atoms with Gasteiger partial charge in [-0.15, -0.1) is 0 Å². The minimum Gasteiger partial charge on any atom is -0.465 e. The third-order valence-electron chi connectivity index (χ3n) is 2.76. The van der Waals surface area contributed by atoms with Crippen LogP contribution >= 0.6 is 0 Å². The van der Waals surface area contributed by atoms with E-state index in [1.807, 2.05) is 0 Å². The fraction of sp³-hybridized carbons (Fsp3) is 0.636. The minimum atomic E-state index is -0.243. The molecule has 0 bridgehead atoms. The van der Waals surface area contributed by atoms with E-state index in [9.17, 15) is 4.79 Å². The summed E-state index contributed by atoms with van der Waals surface area (Å²) in [5.74, 6) is -0.165. The third kappa shape index (κ3) is 2.41. The minimum absolute atomic E-state index is 0.165. The monoisotopic (exact) mass is 223 g/mol. The number of ether oxygens (including phenoxy) is 1. The third-order valence-corrected chi connectivity index (χ3v) is 2.76.